The highest BCUT2D eigenvalue weighted by Crippen LogP contribution is 2.21. The lowest BCUT2D eigenvalue weighted by molar-refractivity contribution is 0.0949. The predicted octanol–water partition coefficient (Wildman–Crippen LogP) is 3.83. The minimum absolute atomic E-state index is 0.173. The molecule has 0 aliphatic rings. The minimum atomic E-state index is -0.314. The fraction of sp³-hybridized carbons (Fsp3) is 0.133. The van der Waals surface area contributed by atoms with Crippen LogP contribution in [0.15, 0.2) is 46.9 Å². The van der Waals surface area contributed by atoms with E-state index in [9.17, 15) is 9.18 Å². The molecule has 0 spiro atoms. The Balaban J connectivity index is 2.10. The predicted molar refractivity (Wildman–Crippen MR) is 76.4 cm³/mol. The number of carbonyl (C=O) groups excluding carboxylic acids is 1. The molecule has 4 heteroatoms. The lowest BCUT2D eigenvalue weighted by Crippen LogP contribution is -2.23. The van der Waals surface area contributed by atoms with Crippen molar-refractivity contribution in [2.75, 3.05) is 0 Å². The van der Waals surface area contributed by atoms with Gasteiger partial charge in [-0.2, -0.15) is 0 Å². The lowest BCUT2D eigenvalue weighted by Gasteiger charge is -2.09. The first kappa shape index (κ1) is 13.7. The van der Waals surface area contributed by atoms with Gasteiger partial charge < -0.3 is 5.32 Å². The molecule has 0 bridgehead atoms. The van der Waals surface area contributed by atoms with E-state index in [1.807, 2.05) is 19.1 Å². The van der Waals surface area contributed by atoms with Crippen molar-refractivity contribution in [3.63, 3.8) is 0 Å². The molecule has 98 valence electrons. The van der Waals surface area contributed by atoms with E-state index in [1.165, 1.54) is 6.07 Å². The van der Waals surface area contributed by atoms with E-state index < -0.39 is 0 Å². The number of amides is 1. The first-order chi connectivity index (χ1) is 9.09. The number of aryl methyl sites for hydroxylation is 1. The molecule has 0 fully saturated rings. The monoisotopic (exact) mass is 321 g/mol. The molecular formula is C15H13BrFNO. The summed E-state index contributed by atoms with van der Waals surface area (Å²) in [6.07, 6.45) is 0. The third-order valence-corrected chi connectivity index (χ3v) is 3.89. The molecule has 1 N–H and O–H groups in total. The van der Waals surface area contributed by atoms with E-state index in [4.69, 9.17) is 0 Å². The van der Waals surface area contributed by atoms with Crippen LogP contribution in [0.1, 0.15) is 21.5 Å². The van der Waals surface area contributed by atoms with E-state index in [0.717, 1.165) is 10.0 Å². The van der Waals surface area contributed by atoms with Crippen LogP contribution in [0.25, 0.3) is 0 Å². The molecule has 19 heavy (non-hydrogen) atoms. The second-order valence-electron chi connectivity index (χ2n) is 4.21. The fourth-order valence-corrected chi connectivity index (χ4v) is 2.18. The standard InChI is InChI=1S/C15H13BrFNO/c1-10-5-4-7-12(14(10)16)15(19)18-9-11-6-2-3-8-13(11)17/h2-8H,9H2,1H3,(H,18,19). The Labute approximate surface area is 119 Å². The van der Waals surface area contributed by atoms with Crippen LogP contribution in [0.3, 0.4) is 0 Å². The van der Waals surface area contributed by atoms with Crippen molar-refractivity contribution in [2.45, 2.75) is 13.5 Å². The second-order valence-corrected chi connectivity index (χ2v) is 5.00. The zero-order valence-corrected chi connectivity index (χ0v) is 12.0. The van der Waals surface area contributed by atoms with Crippen LogP contribution in [0, 0.1) is 12.7 Å². The maximum absolute atomic E-state index is 13.4. The molecule has 0 saturated heterocycles. The summed E-state index contributed by atoms with van der Waals surface area (Å²) in [6, 6.07) is 11.9. The average Bonchev–Trinajstić information content (AvgIpc) is 2.40. The van der Waals surface area contributed by atoms with Gasteiger partial charge in [-0.3, -0.25) is 4.79 Å². The number of nitrogens with one attached hydrogen (secondary N) is 1. The maximum atomic E-state index is 13.4. The van der Waals surface area contributed by atoms with Crippen molar-refractivity contribution in [2.24, 2.45) is 0 Å². The van der Waals surface area contributed by atoms with Gasteiger partial charge in [-0.15, -0.1) is 0 Å². The summed E-state index contributed by atoms with van der Waals surface area (Å²) in [5.74, 6) is -0.537. The molecule has 2 rings (SSSR count). The summed E-state index contributed by atoms with van der Waals surface area (Å²) in [4.78, 5) is 12.0. The van der Waals surface area contributed by atoms with Gasteiger partial charge in [0.2, 0.25) is 0 Å². The highest BCUT2D eigenvalue weighted by molar-refractivity contribution is 9.10. The Bertz CT molecular complexity index is 613. The number of rotatable bonds is 3. The molecule has 0 aliphatic carbocycles. The van der Waals surface area contributed by atoms with Crippen LogP contribution < -0.4 is 5.32 Å². The first-order valence-electron chi connectivity index (χ1n) is 5.86. The molecule has 0 saturated carbocycles. The van der Waals surface area contributed by atoms with Crippen LogP contribution in [0.4, 0.5) is 4.39 Å². The average molecular weight is 322 g/mol. The van der Waals surface area contributed by atoms with E-state index in [1.54, 1.807) is 24.3 Å². The molecule has 2 aromatic rings. The van der Waals surface area contributed by atoms with Gasteiger partial charge >= 0.3 is 0 Å². The maximum Gasteiger partial charge on any atom is 0.252 e. The van der Waals surface area contributed by atoms with Crippen LogP contribution in [-0.2, 0) is 6.54 Å². The van der Waals surface area contributed by atoms with Gasteiger partial charge in [0.1, 0.15) is 5.82 Å². The molecule has 0 radical (unpaired) electrons. The molecule has 0 aromatic heterocycles. The molecular weight excluding hydrogens is 309 g/mol. The Morgan fingerprint density at radius 3 is 2.68 bits per heavy atom. The van der Waals surface area contributed by atoms with Crippen molar-refractivity contribution < 1.29 is 9.18 Å². The molecule has 1 amide bonds. The lowest BCUT2D eigenvalue weighted by atomic mass is 10.1. The zero-order valence-electron chi connectivity index (χ0n) is 10.4. The summed E-state index contributed by atoms with van der Waals surface area (Å²) >= 11 is 3.39. The van der Waals surface area contributed by atoms with Gasteiger partial charge in [0.25, 0.3) is 5.91 Å². The third-order valence-electron chi connectivity index (χ3n) is 2.83. The van der Waals surface area contributed by atoms with Gasteiger partial charge in [0.05, 0.1) is 5.56 Å². The minimum Gasteiger partial charge on any atom is -0.348 e. The van der Waals surface area contributed by atoms with Gasteiger partial charge in [-0.25, -0.2) is 4.39 Å². The second kappa shape index (κ2) is 5.97. The van der Waals surface area contributed by atoms with Crippen LogP contribution in [-0.4, -0.2) is 5.91 Å². The Morgan fingerprint density at radius 2 is 1.95 bits per heavy atom. The summed E-state index contributed by atoms with van der Waals surface area (Å²) in [5, 5.41) is 2.72. The van der Waals surface area contributed by atoms with Crippen molar-refractivity contribution in [1.29, 1.82) is 0 Å². The number of carbonyl (C=O) groups is 1. The Hall–Kier alpha value is -1.68. The molecule has 0 unspecified atom stereocenters. The van der Waals surface area contributed by atoms with Gasteiger partial charge in [0.15, 0.2) is 0 Å². The van der Waals surface area contributed by atoms with Crippen LogP contribution in [0.2, 0.25) is 0 Å². The fourth-order valence-electron chi connectivity index (χ4n) is 1.74. The molecule has 2 nitrogen and oxygen atoms in total. The third kappa shape index (κ3) is 3.20. The van der Waals surface area contributed by atoms with Crippen LogP contribution in [0.5, 0.6) is 0 Å². The topological polar surface area (TPSA) is 29.1 Å². The van der Waals surface area contributed by atoms with E-state index in [0.29, 0.717) is 11.1 Å². The number of hydrogen-bond donors (Lipinski definition) is 1. The highest BCUT2D eigenvalue weighted by atomic mass is 79.9. The van der Waals surface area contributed by atoms with E-state index >= 15 is 0 Å². The van der Waals surface area contributed by atoms with Crippen molar-refractivity contribution in [1.82, 2.24) is 5.32 Å². The zero-order chi connectivity index (χ0) is 13.8. The molecule has 0 heterocycles. The summed E-state index contributed by atoms with van der Waals surface area (Å²) in [7, 11) is 0. The molecule has 0 atom stereocenters. The number of halogens is 2. The smallest absolute Gasteiger partial charge is 0.252 e. The SMILES string of the molecule is Cc1cccc(C(=O)NCc2ccccc2F)c1Br. The number of hydrogen-bond acceptors (Lipinski definition) is 1. The van der Waals surface area contributed by atoms with Gasteiger partial charge in [-0.1, -0.05) is 30.3 Å². The van der Waals surface area contributed by atoms with E-state index in [2.05, 4.69) is 21.2 Å². The summed E-state index contributed by atoms with van der Waals surface area (Å²) in [5.41, 5.74) is 2.01. The largest absolute Gasteiger partial charge is 0.348 e. The quantitative estimate of drug-likeness (QED) is 0.914. The van der Waals surface area contributed by atoms with Crippen molar-refractivity contribution >= 4 is 21.8 Å². The van der Waals surface area contributed by atoms with Crippen molar-refractivity contribution in [3.05, 3.63) is 69.4 Å². The Morgan fingerprint density at radius 1 is 1.21 bits per heavy atom. The van der Waals surface area contributed by atoms with Gasteiger partial charge in [-0.05, 0) is 40.5 Å². The number of benzene rings is 2. The van der Waals surface area contributed by atoms with E-state index in [-0.39, 0.29) is 18.3 Å². The summed E-state index contributed by atoms with van der Waals surface area (Å²) < 4.78 is 14.2. The summed E-state index contributed by atoms with van der Waals surface area (Å²) in [6.45, 7) is 2.09. The highest BCUT2D eigenvalue weighted by Gasteiger charge is 2.11. The molecule has 2 aromatic carbocycles. The first-order valence-corrected chi connectivity index (χ1v) is 6.65. The molecule has 0 aliphatic heterocycles. The van der Waals surface area contributed by atoms with Gasteiger partial charge in [0, 0.05) is 16.6 Å². The Kier molecular flexibility index (Phi) is 4.32. The normalized spacial score (nSPS) is 10.3. The van der Waals surface area contributed by atoms with Crippen molar-refractivity contribution in [3.8, 4) is 0 Å². The van der Waals surface area contributed by atoms with Crippen LogP contribution >= 0.6 is 15.9 Å².